The van der Waals surface area contributed by atoms with Crippen molar-refractivity contribution < 1.29 is 8.42 Å². The highest BCUT2D eigenvalue weighted by atomic mass is 32.2. The standard InChI is InChI=1S/C15H23NO2S/c1-11-7-12(2)15(13(3)8-11)19(17,18)10-14-5-4-6-16-9-14/h7-8,14,16H,4-6,9-10H2,1-3H3. The van der Waals surface area contributed by atoms with Gasteiger partial charge in [-0.15, -0.1) is 0 Å². The van der Waals surface area contributed by atoms with E-state index in [4.69, 9.17) is 0 Å². The second-order valence-electron chi connectivity index (χ2n) is 5.72. The Morgan fingerprint density at radius 2 is 1.84 bits per heavy atom. The van der Waals surface area contributed by atoms with E-state index in [1.807, 2.05) is 32.9 Å². The molecule has 1 aliphatic rings. The molecule has 0 aliphatic carbocycles. The van der Waals surface area contributed by atoms with E-state index in [2.05, 4.69) is 5.32 Å². The molecule has 1 aromatic carbocycles. The summed E-state index contributed by atoms with van der Waals surface area (Å²) in [5, 5.41) is 3.28. The number of rotatable bonds is 3. The van der Waals surface area contributed by atoms with E-state index in [0.717, 1.165) is 42.6 Å². The number of benzene rings is 1. The molecule has 4 heteroatoms. The largest absolute Gasteiger partial charge is 0.316 e. The predicted molar refractivity (Wildman–Crippen MR) is 78.3 cm³/mol. The maximum atomic E-state index is 12.6. The normalized spacial score (nSPS) is 20.5. The maximum Gasteiger partial charge on any atom is 0.179 e. The van der Waals surface area contributed by atoms with Crippen molar-refractivity contribution in [2.45, 2.75) is 38.5 Å². The number of hydrogen-bond donors (Lipinski definition) is 1. The van der Waals surface area contributed by atoms with Gasteiger partial charge in [0.25, 0.3) is 0 Å². The van der Waals surface area contributed by atoms with Crippen molar-refractivity contribution in [2.75, 3.05) is 18.8 Å². The van der Waals surface area contributed by atoms with Gasteiger partial charge in [-0.2, -0.15) is 0 Å². The average molecular weight is 281 g/mol. The smallest absolute Gasteiger partial charge is 0.179 e. The first-order valence-corrected chi connectivity index (χ1v) is 8.56. The summed E-state index contributed by atoms with van der Waals surface area (Å²) in [6, 6.07) is 3.91. The molecular weight excluding hydrogens is 258 g/mol. The summed E-state index contributed by atoms with van der Waals surface area (Å²) in [4.78, 5) is 0.545. The molecule has 0 saturated carbocycles. The van der Waals surface area contributed by atoms with Crippen molar-refractivity contribution in [3.05, 3.63) is 28.8 Å². The molecule has 1 unspecified atom stereocenters. The summed E-state index contributed by atoms with van der Waals surface area (Å²) in [7, 11) is -3.18. The van der Waals surface area contributed by atoms with Crippen molar-refractivity contribution in [2.24, 2.45) is 5.92 Å². The Balaban J connectivity index is 2.29. The zero-order valence-corrected chi connectivity index (χ0v) is 12.8. The molecule has 1 fully saturated rings. The fourth-order valence-corrected chi connectivity index (χ4v) is 5.29. The minimum Gasteiger partial charge on any atom is -0.316 e. The lowest BCUT2D eigenvalue weighted by Crippen LogP contribution is -2.34. The predicted octanol–water partition coefficient (Wildman–Crippen LogP) is 2.39. The first-order chi connectivity index (χ1) is 8.90. The Kier molecular flexibility index (Phi) is 4.31. The lowest BCUT2D eigenvalue weighted by molar-refractivity contribution is 0.404. The lowest BCUT2D eigenvalue weighted by Gasteiger charge is -2.23. The van der Waals surface area contributed by atoms with Crippen molar-refractivity contribution in [3.8, 4) is 0 Å². The first-order valence-electron chi connectivity index (χ1n) is 6.91. The highest BCUT2D eigenvalue weighted by Crippen LogP contribution is 2.25. The van der Waals surface area contributed by atoms with E-state index in [9.17, 15) is 8.42 Å². The van der Waals surface area contributed by atoms with Crippen molar-refractivity contribution >= 4 is 9.84 Å². The van der Waals surface area contributed by atoms with Crippen LogP contribution in [0.1, 0.15) is 29.5 Å². The van der Waals surface area contributed by atoms with Gasteiger partial charge in [0.15, 0.2) is 9.84 Å². The molecule has 1 saturated heterocycles. The van der Waals surface area contributed by atoms with E-state index in [1.54, 1.807) is 0 Å². The molecule has 0 spiro atoms. The molecule has 2 rings (SSSR count). The van der Waals surface area contributed by atoms with Crippen molar-refractivity contribution in [1.29, 1.82) is 0 Å². The molecule has 19 heavy (non-hydrogen) atoms. The van der Waals surface area contributed by atoms with Crippen LogP contribution in [0.3, 0.4) is 0 Å². The van der Waals surface area contributed by atoms with Gasteiger partial charge in [0.1, 0.15) is 0 Å². The molecule has 1 aromatic rings. The molecule has 1 aliphatic heterocycles. The number of piperidine rings is 1. The van der Waals surface area contributed by atoms with Gasteiger partial charge in [-0.1, -0.05) is 17.7 Å². The molecule has 1 atom stereocenters. The summed E-state index contributed by atoms with van der Waals surface area (Å²) in [5.41, 5.74) is 2.87. The van der Waals surface area contributed by atoms with E-state index in [1.165, 1.54) is 0 Å². The van der Waals surface area contributed by atoms with Crippen LogP contribution >= 0.6 is 0 Å². The number of sulfone groups is 1. The minimum atomic E-state index is -3.18. The van der Waals surface area contributed by atoms with E-state index >= 15 is 0 Å². The van der Waals surface area contributed by atoms with Crippen LogP contribution in [0.4, 0.5) is 0 Å². The number of hydrogen-bond acceptors (Lipinski definition) is 3. The highest BCUT2D eigenvalue weighted by molar-refractivity contribution is 7.91. The van der Waals surface area contributed by atoms with Gasteiger partial charge in [-0.3, -0.25) is 0 Å². The quantitative estimate of drug-likeness (QED) is 0.925. The molecule has 1 N–H and O–H groups in total. The van der Waals surface area contributed by atoms with Gasteiger partial charge in [0.2, 0.25) is 0 Å². The summed E-state index contributed by atoms with van der Waals surface area (Å²) < 4.78 is 25.3. The van der Waals surface area contributed by atoms with Gasteiger partial charge < -0.3 is 5.32 Å². The molecule has 0 radical (unpaired) electrons. The van der Waals surface area contributed by atoms with Crippen LogP contribution < -0.4 is 5.32 Å². The Hall–Kier alpha value is -0.870. The van der Waals surface area contributed by atoms with Crippen LogP contribution in [-0.4, -0.2) is 27.3 Å². The van der Waals surface area contributed by atoms with Crippen LogP contribution in [0, 0.1) is 26.7 Å². The summed E-state index contributed by atoms with van der Waals surface area (Å²) >= 11 is 0. The van der Waals surface area contributed by atoms with Gasteiger partial charge in [-0.25, -0.2) is 8.42 Å². The van der Waals surface area contributed by atoms with Crippen LogP contribution in [0.2, 0.25) is 0 Å². The zero-order chi connectivity index (χ0) is 14.0. The summed E-state index contributed by atoms with van der Waals surface area (Å²) in [6.45, 7) is 7.63. The fourth-order valence-electron chi connectivity index (χ4n) is 3.12. The molecule has 0 aromatic heterocycles. The molecule has 0 amide bonds. The molecule has 106 valence electrons. The SMILES string of the molecule is Cc1cc(C)c(S(=O)(=O)CC2CCCNC2)c(C)c1. The molecular formula is C15H23NO2S. The second-order valence-corrected chi connectivity index (χ2v) is 7.69. The van der Waals surface area contributed by atoms with Gasteiger partial charge in [0.05, 0.1) is 10.6 Å². The van der Waals surface area contributed by atoms with E-state index in [0.29, 0.717) is 4.90 Å². The van der Waals surface area contributed by atoms with E-state index in [-0.39, 0.29) is 11.7 Å². The van der Waals surface area contributed by atoms with Gasteiger partial charge in [0, 0.05) is 0 Å². The zero-order valence-electron chi connectivity index (χ0n) is 12.0. The van der Waals surface area contributed by atoms with Crippen molar-refractivity contribution in [3.63, 3.8) is 0 Å². The van der Waals surface area contributed by atoms with Crippen molar-refractivity contribution in [1.82, 2.24) is 5.32 Å². The van der Waals surface area contributed by atoms with Gasteiger partial charge >= 0.3 is 0 Å². The van der Waals surface area contributed by atoms with Crippen LogP contribution in [0.25, 0.3) is 0 Å². The Morgan fingerprint density at radius 1 is 1.21 bits per heavy atom. The van der Waals surface area contributed by atoms with E-state index < -0.39 is 9.84 Å². The van der Waals surface area contributed by atoms with Gasteiger partial charge in [-0.05, 0) is 63.7 Å². The Bertz CT molecular complexity index is 535. The number of nitrogens with one attached hydrogen (secondary N) is 1. The minimum absolute atomic E-state index is 0.249. The second kappa shape index (κ2) is 5.63. The summed E-state index contributed by atoms with van der Waals surface area (Å²) in [6.07, 6.45) is 2.09. The van der Waals surface area contributed by atoms with Crippen LogP contribution in [-0.2, 0) is 9.84 Å². The topological polar surface area (TPSA) is 46.2 Å². The molecule has 3 nitrogen and oxygen atoms in total. The number of aryl methyl sites for hydroxylation is 3. The Morgan fingerprint density at radius 3 is 2.37 bits per heavy atom. The third kappa shape index (κ3) is 3.37. The highest BCUT2D eigenvalue weighted by Gasteiger charge is 2.25. The van der Waals surface area contributed by atoms with Crippen LogP contribution in [0.5, 0.6) is 0 Å². The Labute approximate surface area is 116 Å². The third-order valence-corrected chi connectivity index (χ3v) is 5.95. The maximum absolute atomic E-state index is 12.6. The molecule has 0 bridgehead atoms. The first kappa shape index (κ1) is 14.5. The summed E-state index contributed by atoms with van der Waals surface area (Å²) in [5.74, 6) is 0.518. The average Bonchev–Trinajstić information content (AvgIpc) is 2.27. The van der Waals surface area contributed by atoms with Crippen LogP contribution in [0.15, 0.2) is 17.0 Å². The molecule has 1 heterocycles. The lowest BCUT2D eigenvalue weighted by atomic mass is 10.0. The monoisotopic (exact) mass is 281 g/mol. The fraction of sp³-hybridized carbons (Fsp3) is 0.600. The third-order valence-electron chi connectivity index (χ3n) is 3.77.